The molecule has 1 atom stereocenters. The Balaban J connectivity index is 2.53. The van der Waals surface area contributed by atoms with Crippen molar-refractivity contribution >= 4 is 11.8 Å². The van der Waals surface area contributed by atoms with Gasteiger partial charge in [0.1, 0.15) is 5.75 Å². The number of primary amides is 1. The van der Waals surface area contributed by atoms with E-state index in [-0.39, 0.29) is 19.1 Å². The van der Waals surface area contributed by atoms with Crippen molar-refractivity contribution in [1.82, 2.24) is 5.32 Å². The van der Waals surface area contributed by atoms with Gasteiger partial charge in [0.2, 0.25) is 0 Å². The van der Waals surface area contributed by atoms with Crippen LogP contribution in [-0.4, -0.2) is 36.2 Å². The van der Waals surface area contributed by atoms with Gasteiger partial charge >= 0.3 is 0 Å². The van der Waals surface area contributed by atoms with Crippen LogP contribution in [-0.2, 0) is 4.79 Å². The molecule has 0 aliphatic rings. The number of amides is 2. The lowest BCUT2D eigenvalue weighted by molar-refractivity contribution is -0.119. The van der Waals surface area contributed by atoms with E-state index in [0.717, 1.165) is 0 Å². The first-order valence-electron chi connectivity index (χ1n) is 5.46. The molecular formula is C12H16N2O4. The second-order valence-corrected chi connectivity index (χ2v) is 3.84. The van der Waals surface area contributed by atoms with Gasteiger partial charge in [-0.1, -0.05) is 0 Å². The first kappa shape index (κ1) is 14.0. The van der Waals surface area contributed by atoms with Crippen molar-refractivity contribution in [2.75, 3.05) is 13.2 Å². The maximum Gasteiger partial charge on any atom is 0.255 e. The fourth-order valence-electron chi connectivity index (χ4n) is 1.20. The van der Waals surface area contributed by atoms with Crippen molar-refractivity contribution in [3.8, 4) is 5.75 Å². The second-order valence-electron chi connectivity index (χ2n) is 3.84. The van der Waals surface area contributed by atoms with Gasteiger partial charge in [-0.15, -0.1) is 0 Å². The molecule has 0 aliphatic carbocycles. The van der Waals surface area contributed by atoms with Crippen molar-refractivity contribution in [3.63, 3.8) is 0 Å². The molecule has 98 valence electrons. The van der Waals surface area contributed by atoms with E-state index >= 15 is 0 Å². The number of nitrogens with one attached hydrogen (secondary N) is 1. The fraction of sp³-hybridized carbons (Fsp3) is 0.333. The molecule has 2 amide bonds. The molecule has 0 fully saturated rings. The van der Waals surface area contributed by atoms with Gasteiger partial charge in [0.25, 0.3) is 11.8 Å². The van der Waals surface area contributed by atoms with Gasteiger partial charge in [-0.25, -0.2) is 0 Å². The summed E-state index contributed by atoms with van der Waals surface area (Å²) in [7, 11) is 0. The number of rotatable bonds is 6. The Labute approximate surface area is 105 Å². The molecule has 0 heterocycles. The molecule has 0 spiro atoms. The summed E-state index contributed by atoms with van der Waals surface area (Å²) in [5, 5.41) is 11.6. The van der Waals surface area contributed by atoms with Crippen LogP contribution in [0.4, 0.5) is 0 Å². The fourth-order valence-corrected chi connectivity index (χ4v) is 1.20. The Morgan fingerprint density at radius 2 is 2.00 bits per heavy atom. The minimum absolute atomic E-state index is 0.193. The highest BCUT2D eigenvalue weighted by atomic mass is 16.5. The Kier molecular flexibility index (Phi) is 5.13. The summed E-state index contributed by atoms with van der Waals surface area (Å²) in [6.07, 6.45) is -0.591. The zero-order chi connectivity index (χ0) is 13.5. The van der Waals surface area contributed by atoms with Crippen molar-refractivity contribution in [2.45, 2.75) is 13.0 Å². The molecule has 4 N–H and O–H groups in total. The number of benzene rings is 1. The van der Waals surface area contributed by atoms with E-state index < -0.39 is 12.0 Å². The lowest BCUT2D eigenvalue weighted by Gasteiger charge is -2.08. The van der Waals surface area contributed by atoms with E-state index in [1.165, 1.54) is 0 Å². The van der Waals surface area contributed by atoms with Gasteiger partial charge in [-0.3, -0.25) is 9.59 Å². The van der Waals surface area contributed by atoms with Crippen LogP contribution < -0.4 is 15.8 Å². The molecule has 0 aliphatic heterocycles. The van der Waals surface area contributed by atoms with Crippen LogP contribution in [0, 0.1) is 0 Å². The standard InChI is InChI=1S/C12H16N2O4/c1-8(15)6-14-12(17)9-2-4-10(5-3-9)18-7-11(13)16/h2-5,8,15H,6-7H2,1H3,(H2,13,16)(H,14,17). The number of carbonyl (C=O) groups is 2. The van der Waals surface area contributed by atoms with Gasteiger partial charge in [-0.2, -0.15) is 0 Å². The highest BCUT2D eigenvalue weighted by molar-refractivity contribution is 5.94. The highest BCUT2D eigenvalue weighted by Gasteiger charge is 2.06. The minimum Gasteiger partial charge on any atom is -0.484 e. The maximum atomic E-state index is 11.6. The Hall–Kier alpha value is -2.08. The summed E-state index contributed by atoms with van der Waals surface area (Å²) in [6, 6.07) is 6.27. The van der Waals surface area contributed by atoms with E-state index in [4.69, 9.17) is 15.6 Å². The van der Waals surface area contributed by atoms with Crippen LogP contribution in [0.3, 0.4) is 0 Å². The molecule has 0 saturated heterocycles. The smallest absolute Gasteiger partial charge is 0.255 e. The molecule has 1 aromatic carbocycles. The number of carbonyl (C=O) groups excluding carboxylic acids is 2. The quantitative estimate of drug-likeness (QED) is 0.644. The van der Waals surface area contributed by atoms with Crippen molar-refractivity contribution < 1.29 is 19.4 Å². The van der Waals surface area contributed by atoms with Gasteiger partial charge < -0.3 is 20.9 Å². The molecule has 1 unspecified atom stereocenters. The largest absolute Gasteiger partial charge is 0.484 e. The van der Waals surface area contributed by atoms with Gasteiger partial charge in [-0.05, 0) is 31.2 Å². The number of hydrogen-bond acceptors (Lipinski definition) is 4. The van der Waals surface area contributed by atoms with Crippen LogP contribution in [0.5, 0.6) is 5.75 Å². The molecular weight excluding hydrogens is 236 g/mol. The molecule has 0 aromatic heterocycles. The van der Waals surface area contributed by atoms with Gasteiger partial charge in [0.15, 0.2) is 6.61 Å². The zero-order valence-corrected chi connectivity index (χ0v) is 10.1. The zero-order valence-electron chi connectivity index (χ0n) is 10.1. The summed E-state index contributed by atoms with van der Waals surface area (Å²) < 4.78 is 5.05. The predicted octanol–water partition coefficient (Wildman–Crippen LogP) is -0.339. The van der Waals surface area contributed by atoms with Gasteiger partial charge in [0, 0.05) is 12.1 Å². The Morgan fingerprint density at radius 1 is 1.39 bits per heavy atom. The summed E-state index contributed by atoms with van der Waals surface area (Å²) in [5.41, 5.74) is 5.38. The van der Waals surface area contributed by atoms with E-state index in [0.29, 0.717) is 11.3 Å². The lowest BCUT2D eigenvalue weighted by Crippen LogP contribution is -2.30. The summed E-state index contributed by atoms with van der Waals surface area (Å²) >= 11 is 0. The molecule has 6 heteroatoms. The molecule has 1 rings (SSSR count). The lowest BCUT2D eigenvalue weighted by atomic mass is 10.2. The average molecular weight is 252 g/mol. The second kappa shape index (κ2) is 6.61. The van der Waals surface area contributed by atoms with Gasteiger partial charge in [0.05, 0.1) is 6.10 Å². The van der Waals surface area contributed by atoms with E-state index in [9.17, 15) is 9.59 Å². The number of hydrogen-bond donors (Lipinski definition) is 3. The third-order valence-electron chi connectivity index (χ3n) is 2.06. The first-order valence-corrected chi connectivity index (χ1v) is 5.46. The van der Waals surface area contributed by atoms with E-state index in [1.54, 1.807) is 31.2 Å². The van der Waals surface area contributed by atoms with Crippen molar-refractivity contribution in [1.29, 1.82) is 0 Å². The van der Waals surface area contributed by atoms with Crippen LogP contribution >= 0.6 is 0 Å². The first-order chi connectivity index (χ1) is 8.49. The number of aliphatic hydroxyl groups excluding tert-OH is 1. The monoisotopic (exact) mass is 252 g/mol. The molecule has 0 bridgehead atoms. The summed E-state index contributed by atoms with van der Waals surface area (Å²) in [4.78, 5) is 22.1. The van der Waals surface area contributed by atoms with Crippen LogP contribution in [0.2, 0.25) is 0 Å². The minimum atomic E-state index is -0.591. The highest BCUT2D eigenvalue weighted by Crippen LogP contribution is 2.11. The van der Waals surface area contributed by atoms with Crippen LogP contribution in [0.15, 0.2) is 24.3 Å². The van der Waals surface area contributed by atoms with E-state index in [1.807, 2.05) is 0 Å². The number of nitrogens with two attached hydrogens (primary N) is 1. The number of aliphatic hydroxyl groups is 1. The predicted molar refractivity (Wildman–Crippen MR) is 65.1 cm³/mol. The molecule has 6 nitrogen and oxygen atoms in total. The molecule has 18 heavy (non-hydrogen) atoms. The SMILES string of the molecule is CC(O)CNC(=O)c1ccc(OCC(N)=O)cc1. The van der Waals surface area contributed by atoms with E-state index in [2.05, 4.69) is 5.32 Å². The maximum absolute atomic E-state index is 11.6. The van der Waals surface area contributed by atoms with Crippen molar-refractivity contribution in [2.24, 2.45) is 5.73 Å². The molecule has 0 radical (unpaired) electrons. The Morgan fingerprint density at radius 3 is 2.50 bits per heavy atom. The van der Waals surface area contributed by atoms with Crippen LogP contribution in [0.1, 0.15) is 17.3 Å². The number of ether oxygens (including phenoxy) is 1. The normalized spacial score (nSPS) is 11.7. The third-order valence-corrected chi connectivity index (χ3v) is 2.06. The summed E-state index contributed by atoms with van der Waals surface area (Å²) in [5.74, 6) is -0.382. The molecule has 0 saturated carbocycles. The molecule has 1 aromatic rings. The topological polar surface area (TPSA) is 102 Å². The van der Waals surface area contributed by atoms with Crippen molar-refractivity contribution in [3.05, 3.63) is 29.8 Å². The third kappa shape index (κ3) is 4.84. The Bertz CT molecular complexity index is 415. The average Bonchev–Trinajstić information content (AvgIpc) is 2.34. The van der Waals surface area contributed by atoms with Crippen LogP contribution in [0.25, 0.3) is 0 Å². The summed E-state index contributed by atoms with van der Waals surface area (Å²) in [6.45, 7) is 1.58.